The van der Waals surface area contributed by atoms with Crippen molar-refractivity contribution in [1.29, 1.82) is 0 Å². The largest absolute Gasteiger partial charge is 0.508 e. The van der Waals surface area contributed by atoms with Gasteiger partial charge < -0.3 is 24.4 Å². The molecule has 0 bridgehead atoms. The zero-order chi connectivity index (χ0) is 15.9. The predicted molar refractivity (Wildman–Crippen MR) is 76.2 cm³/mol. The molecule has 0 atom stereocenters. The maximum Gasteiger partial charge on any atom is 0.311 e. The summed E-state index contributed by atoms with van der Waals surface area (Å²) in [7, 11) is 0. The molecule has 1 aromatic carbocycles. The summed E-state index contributed by atoms with van der Waals surface area (Å²) < 4.78 is 15.4. The Balaban J connectivity index is 2.19. The summed E-state index contributed by atoms with van der Waals surface area (Å²) in [6.45, 7) is 5.86. The molecule has 0 radical (unpaired) electrons. The normalized spacial score (nSPS) is 11.2. The minimum Gasteiger partial charge on any atom is -0.508 e. The third-order valence-electron chi connectivity index (χ3n) is 3.08. The Morgan fingerprint density at radius 3 is 2.33 bits per heavy atom. The number of hydrogen-bond donors (Lipinski definition) is 2. The van der Waals surface area contributed by atoms with E-state index in [1.54, 1.807) is 0 Å². The van der Waals surface area contributed by atoms with Crippen LogP contribution in [-0.2, 0) is 14.3 Å². The summed E-state index contributed by atoms with van der Waals surface area (Å²) in [6, 6.07) is 3.91. The minimum absolute atomic E-state index is 0.0718. The molecule has 0 aromatic heterocycles. The Hall–Kier alpha value is -1.95. The van der Waals surface area contributed by atoms with Gasteiger partial charge >= 0.3 is 5.97 Å². The van der Waals surface area contributed by atoms with E-state index in [9.17, 15) is 15.0 Å². The van der Waals surface area contributed by atoms with Crippen LogP contribution in [-0.4, -0.2) is 36.2 Å². The highest BCUT2D eigenvalue weighted by Crippen LogP contribution is 2.25. The van der Waals surface area contributed by atoms with Crippen LogP contribution in [0.25, 0.3) is 0 Å². The third-order valence-corrected chi connectivity index (χ3v) is 3.08. The average molecular weight is 298 g/mol. The Morgan fingerprint density at radius 2 is 1.76 bits per heavy atom. The van der Waals surface area contributed by atoms with Crippen molar-refractivity contribution in [3.8, 4) is 17.2 Å². The molecule has 0 aliphatic heterocycles. The average Bonchev–Trinajstić information content (AvgIpc) is 2.41. The van der Waals surface area contributed by atoms with Gasteiger partial charge in [0.05, 0.1) is 12.0 Å². The predicted octanol–water partition coefficient (Wildman–Crippen LogP) is 2.43. The second kappa shape index (κ2) is 7.73. The molecule has 0 aliphatic rings. The zero-order valence-electron chi connectivity index (χ0n) is 12.6. The van der Waals surface area contributed by atoms with Gasteiger partial charge in [-0.2, -0.15) is 0 Å². The van der Waals surface area contributed by atoms with E-state index >= 15 is 0 Å². The molecule has 0 saturated heterocycles. The number of carbonyl (C=O) groups excluding carboxylic acids is 1. The zero-order valence-corrected chi connectivity index (χ0v) is 12.6. The van der Waals surface area contributed by atoms with Gasteiger partial charge in [-0.3, -0.25) is 4.79 Å². The lowest BCUT2D eigenvalue weighted by atomic mass is 9.91. The molecule has 0 fully saturated rings. The molecule has 6 heteroatoms. The Labute approximate surface area is 124 Å². The van der Waals surface area contributed by atoms with Crippen LogP contribution in [0.2, 0.25) is 0 Å². The molecular weight excluding hydrogens is 276 g/mol. The van der Waals surface area contributed by atoms with Crippen molar-refractivity contribution in [2.24, 2.45) is 5.41 Å². The number of rotatable bonds is 8. The smallest absolute Gasteiger partial charge is 0.311 e. The molecule has 0 unspecified atom stereocenters. The number of benzene rings is 1. The van der Waals surface area contributed by atoms with Crippen LogP contribution in [0, 0.1) is 5.41 Å². The monoisotopic (exact) mass is 298 g/mol. The maximum absolute atomic E-state index is 11.7. The highest BCUT2D eigenvalue weighted by atomic mass is 16.7. The number of phenolic OH excluding ortho intramolecular Hbond substituents is 2. The molecule has 21 heavy (non-hydrogen) atoms. The first-order valence-electron chi connectivity index (χ1n) is 6.76. The second-order valence-corrected chi connectivity index (χ2v) is 5.23. The van der Waals surface area contributed by atoms with Crippen molar-refractivity contribution in [3.05, 3.63) is 18.2 Å². The van der Waals surface area contributed by atoms with E-state index in [0.717, 1.165) is 0 Å². The van der Waals surface area contributed by atoms with Gasteiger partial charge in [-0.05, 0) is 20.3 Å². The number of carbonyl (C=O) groups is 1. The quantitative estimate of drug-likeness (QED) is 0.435. The molecule has 0 spiro atoms. The number of hydrogen-bond acceptors (Lipinski definition) is 6. The molecule has 1 aromatic rings. The van der Waals surface area contributed by atoms with E-state index in [4.69, 9.17) is 14.2 Å². The molecule has 0 saturated carbocycles. The summed E-state index contributed by atoms with van der Waals surface area (Å²) in [4.78, 5) is 11.7. The number of aromatic hydroxyl groups is 2. The van der Waals surface area contributed by atoms with E-state index in [1.807, 2.05) is 20.8 Å². The highest BCUT2D eigenvalue weighted by Gasteiger charge is 2.26. The number of phenols is 2. The number of ether oxygens (including phenoxy) is 3. The third kappa shape index (κ3) is 5.91. The first kappa shape index (κ1) is 17.1. The van der Waals surface area contributed by atoms with Gasteiger partial charge in [0, 0.05) is 18.2 Å². The van der Waals surface area contributed by atoms with E-state index < -0.39 is 5.41 Å². The minimum atomic E-state index is -0.490. The van der Waals surface area contributed by atoms with E-state index in [0.29, 0.717) is 6.42 Å². The van der Waals surface area contributed by atoms with Crippen LogP contribution in [0.3, 0.4) is 0 Å². The maximum atomic E-state index is 11.7. The molecule has 0 aliphatic carbocycles. The summed E-state index contributed by atoms with van der Waals surface area (Å²) in [6.07, 6.45) is 0.705. The fraction of sp³-hybridized carbons (Fsp3) is 0.533. The van der Waals surface area contributed by atoms with E-state index in [1.165, 1.54) is 18.2 Å². The Bertz CT molecular complexity index is 449. The number of esters is 1. The van der Waals surface area contributed by atoms with Crippen molar-refractivity contribution in [2.45, 2.75) is 27.2 Å². The molecule has 0 amide bonds. The summed E-state index contributed by atoms with van der Waals surface area (Å²) in [5.74, 6) is -0.162. The molecule has 6 nitrogen and oxygen atoms in total. The molecule has 2 N–H and O–H groups in total. The first-order valence-corrected chi connectivity index (χ1v) is 6.76. The van der Waals surface area contributed by atoms with Crippen LogP contribution in [0.4, 0.5) is 0 Å². The van der Waals surface area contributed by atoms with Crippen LogP contribution in [0.1, 0.15) is 27.2 Å². The molecule has 0 heterocycles. The van der Waals surface area contributed by atoms with Crippen molar-refractivity contribution < 1.29 is 29.2 Å². The van der Waals surface area contributed by atoms with E-state index in [-0.39, 0.29) is 43.2 Å². The molecular formula is C15H22O6. The molecule has 118 valence electrons. The van der Waals surface area contributed by atoms with Crippen LogP contribution < -0.4 is 4.74 Å². The van der Waals surface area contributed by atoms with Gasteiger partial charge in [0.2, 0.25) is 0 Å². The lowest BCUT2D eigenvalue weighted by Crippen LogP contribution is -2.27. The standard InChI is InChI=1S/C15H22O6/c1-4-15(2,3)14(18)20-6-5-19-10-21-13-8-11(16)7-12(17)9-13/h7-9,16-17H,4-6,10H2,1-3H3. The Kier molecular flexibility index (Phi) is 6.30. The van der Waals surface area contributed by atoms with Crippen LogP contribution >= 0.6 is 0 Å². The second-order valence-electron chi connectivity index (χ2n) is 5.23. The van der Waals surface area contributed by atoms with Crippen molar-refractivity contribution in [2.75, 3.05) is 20.0 Å². The topological polar surface area (TPSA) is 85.2 Å². The molecule has 1 rings (SSSR count). The summed E-state index contributed by atoms with van der Waals surface area (Å²) in [5, 5.41) is 18.5. The van der Waals surface area contributed by atoms with Gasteiger partial charge in [-0.1, -0.05) is 6.92 Å². The van der Waals surface area contributed by atoms with Crippen molar-refractivity contribution in [1.82, 2.24) is 0 Å². The van der Waals surface area contributed by atoms with Crippen molar-refractivity contribution in [3.63, 3.8) is 0 Å². The van der Waals surface area contributed by atoms with Crippen molar-refractivity contribution >= 4 is 5.97 Å². The fourth-order valence-corrected chi connectivity index (χ4v) is 1.35. The first-order chi connectivity index (χ1) is 9.85. The summed E-state index contributed by atoms with van der Waals surface area (Å²) in [5.41, 5.74) is -0.490. The lowest BCUT2D eigenvalue weighted by molar-refractivity contribution is -0.156. The fourth-order valence-electron chi connectivity index (χ4n) is 1.35. The SMILES string of the molecule is CCC(C)(C)C(=O)OCCOCOc1cc(O)cc(O)c1. The van der Waals surface area contributed by atoms with Crippen LogP contribution in [0.5, 0.6) is 17.2 Å². The van der Waals surface area contributed by atoms with Gasteiger partial charge in [-0.15, -0.1) is 0 Å². The van der Waals surface area contributed by atoms with Crippen LogP contribution in [0.15, 0.2) is 18.2 Å². The van der Waals surface area contributed by atoms with Gasteiger partial charge in [0.15, 0.2) is 6.79 Å². The van der Waals surface area contributed by atoms with Gasteiger partial charge in [-0.25, -0.2) is 0 Å². The lowest BCUT2D eigenvalue weighted by Gasteiger charge is -2.20. The Morgan fingerprint density at radius 1 is 1.14 bits per heavy atom. The van der Waals surface area contributed by atoms with Gasteiger partial charge in [0.1, 0.15) is 23.9 Å². The van der Waals surface area contributed by atoms with Gasteiger partial charge in [0.25, 0.3) is 0 Å². The van der Waals surface area contributed by atoms with E-state index in [2.05, 4.69) is 0 Å². The summed E-state index contributed by atoms with van der Waals surface area (Å²) >= 11 is 0. The highest BCUT2D eigenvalue weighted by molar-refractivity contribution is 5.75.